The molecule has 0 unspecified atom stereocenters. The quantitative estimate of drug-likeness (QED) is 0.556. The summed E-state index contributed by atoms with van der Waals surface area (Å²) in [7, 11) is 0. The predicted octanol–water partition coefficient (Wildman–Crippen LogP) is 5.65. The van der Waals surface area contributed by atoms with Gasteiger partial charge >= 0.3 is 5.97 Å². The summed E-state index contributed by atoms with van der Waals surface area (Å²) < 4.78 is 6.20. The van der Waals surface area contributed by atoms with Crippen LogP contribution in [0.25, 0.3) is 10.1 Å². The Morgan fingerprint density at radius 2 is 1.92 bits per heavy atom. The molecule has 0 aliphatic heterocycles. The molecular weight excluding hydrogens is 366 g/mol. The van der Waals surface area contributed by atoms with Crippen LogP contribution < -0.4 is 5.32 Å². The molecule has 0 aliphatic rings. The molecule has 136 valence electrons. The van der Waals surface area contributed by atoms with Gasteiger partial charge in [-0.15, -0.1) is 22.7 Å². The third-order valence-electron chi connectivity index (χ3n) is 3.98. The molecule has 1 amide bonds. The van der Waals surface area contributed by atoms with E-state index in [1.807, 2.05) is 25.1 Å². The van der Waals surface area contributed by atoms with E-state index in [0.717, 1.165) is 33.4 Å². The standard InChI is InChI=1S/C20H21NO3S2/c1-4-8-14-13-9-6-7-10-16(13)26-17(14)18(22)21-19-15(11-12(3)25-19)20(23)24-5-2/h6-7,9-11H,4-5,8H2,1-3H3,(H,21,22). The smallest absolute Gasteiger partial charge is 0.341 e. The summed E-state index contributed by atoms with van der Waals surface area (Å²) in [5.41, 5.74) is 1.50. The third-order valence-corrected chi connectivity index (χ3v) is 6.16. The lowest BCUT2D eigenvalue weighted by Gasteiger charge is -2.07. The predicted molar refractivity (Wildman–Crippen MR) is 109 cm³/mol. The molecule has 1 N–H and O–H groups in total. The lowest BCUT2D eigenvalue weighted by atomic mass is 10.1. The van der Waals surface area contributed by atoms with Crippen molar-refractivity contribution in [1.82, 2.24) is 0 Å². The number of hydrogen-bond donors (Lipinski definition) is 1. The number of esters is 1. The minimum atomic E-state index is -0.405. The van der Waals surface area contributed by atoms with Crippen LogP contribution in [0.2, 0.25) is 0 Å². The van der Waals surface area contributed by atoms with E-state index in [0.29, 0.717) is 22.0 Å². The van der Waals surface area contributed by atoms with Gasteiger partial charge in [-0.1, -0.05) is 31.5 Å². The molecular formula is C20H21NO3S2. The number of carbonyl (C=O) groups excluding carboxylic acids is 2. The number of thiophene rings is 2. The fraction of sp³-hybridized carbons (Fsp3) is 0.300. The molecule has 0 saturated heterocycles. The van der Waals surface area contributed by atoms with Gasteiger partial charge in [0.2, 0.25) is 0 Å². The van der Waals surface area contributed by atoms with E-state index in [1.54, 1.807) is 13.0 Å². The van der Waals surface area contributed by atoms with Gasteiger partial charge in [0.15, 0.2) is 0 Å². The zero-order chi connectivity index (χ0) is 18.7. The van der Waals surface area contributed by atoms with Crippen molar-refractivity contribution in [3.8, 4) is 0 Å². The maximum Gasteiger partial charge on any atom is 0.341 e. The van der Waals surface area contributed by atoms with Crippen molar-refractivity contribution in [2.45, 2.75) is 33.6 Å². The number of benzene rings is 1. The highest BCUT2D eigenvalue weighted by molar-refractivity contribution is 7.21. The van der Waals surface area contributed by atoms with Gasteiger partial charge in [0, 0.05) is 9.58 Å². The zero-order valence-corrected chi connectivity index (χ0v) is 16.7. The summed E-state index contributed by atoms with van der Waals surface area (Å²) in [6.07, 6.45) is 1.81. The van der Waals surface area contributed by atoms with Crippen LogP contribution in [0.4, 0.5) is 5.00 Å². The number of amides is 1. The molecule has 2 heterocycles. The van der Waals surface area contributed by atoms with Gasteiger partial charge in [-0.05, 0) is 43.4 Å². The number of fused-ring (bicyclic) bond motifs is 1. The van der Waals surface area contributed by atoms with E-state index in [-0.39, 0.29) is 5.91 Å². The Morgan fingerprint density at radius 1 is 1.15 bits per heavy atom. The van der Waals surface area contributed by atoms with Crippen LogP contribution in [0.5, 0.6) is 0 Å². The van der Waals surface area contributed by atoms with Gasteiger partial charge in [0.25, 0.3) is 5.91 Å². The van der Waals surface area contributed by atoms with Crippen LogP contribution in [-0.2, 0) is 11.2 Å². The Labute approximate surface area is 160 Å². The molecule has 0 atom stereocenters. The number of anilines is 1. The summed E-state index contributed by atoms with van der Waals surface area (Å²) >= 11 is 2.89. The number of nitrogens with one attached hydrogen (secondary N) is 1. The van der Waals surface area contributed by atoms with Crippen molar-refractivity contribution >= 4 is 49.6 Å². The number of aryl methyl sites for hydroxylation is 2. The van der Waals surface area contributed by atoms with Gasteiger partial charge in [0.1, 0.15) is 5.00 Å². The molecule has 4 nitrogen and oxygen atoms in total. The maximum atomic E-state index is 13.0. The second-order valence-corrected chi connectivity index (χ2v) is 8.24. The molecule has 0 spiro atoms. The average Bonchev–Trinajstić information content (AvgIpc) is 3.16. The fourth-order valence-corrected chi connectivity index (χ4v) is 4.95. The Balaban J connectivity index is 1.95. The first-order chi connectivity index (χ1) is 12.5. The number of carbonyl (C=O) groups is 2. The van der Waals surface area contributed by atoms with Gasteiger partial charge < -0.3 is 10.1 Å². The minimum absolute atomic E-state index is 0.165. The Morgan fingerprint density at radius 3 is 2.65 bits per heavy atom. The first-order valence-electron chi connectivity index (χ1n) is 8.64. The van der Waals surface area contributed by atoms with Crippen LogP contribution in [-0.4, -0.2) is 18.5 Å². The average molecular weight is 388 g/mol. The molecule has 6 heteroatoms. The van der Waals surface area contributed by atoms with Crippen LogP contribution in [0.15, 0.2) is 30.3 Å². The molecule has 3 rings (SSSR count). The van der Waals surface area contributed by atoms with E-state index in [9.17, 15) is 9.59 Å². The number of hydrogen-bond acceptors (Lipinski definition) is 5. The number of ether oxygens (including phenoxy) is 1. The third kappa shape index (κ3) is 3.66. The van der Waals surface area contributed by atoms with Crippen molar-refractivity contribution in [1.29, 1.82) is 0 Å². The molecule has 0 radical (unpaired) electrons. The van der Waals surface area contributed by atoms with Crippen LogP contribution in [0.1, 0.15) is 50.7 Å². The molecule has 0 saturated carbocycles. The highest BCUT2D eigenvalue weighted by Crippen LogP contribution is 2.34. The highest BCUT2D eigenvalue weighted by atomic mass is 32.1. The largest absolute Gasteiger partial charge is 0.462 e. The summed E-state index contributed by atoms with van der Waals surface area (Å²) in [6, 6.07) is 9.84. The maximum absolute atomic E-state index is 13.0. The van der Waals surface area contributed by atoms with E-state index in [1.165, 1.54) is 22.7 Å². The van der Waals surface area contributed by atoms with Crippen molar-refractivity contribution in [2.24, 2.45) is 0 Å². The minimum Gasteiger partial charge on any atom is -0.462 e. The zero-order valence-electron chi connectivity index (χ0n) is 15.0. The topological polar surface area (TPSA) is 55.4 Å². The van der Waals surface area contributed by atoms with Crippen molar-refractivity contribution in [3.05, 3.63) is 51.2 Å². The van der Waals surface area contributed by atoms with Gasteiger partial charge in [-0.25, -0.2) is 4.79 Å². The summed E-state index contributed by atoms with van der Waals surface area (Å²) in [6.45, 7) is 6.09. The Kier molecular flexibility index (Phi) is 5.74. The Bertz CT molecular complexity index is 955. The van der Waals surface area contributed by atoms with Gasteiger partial charge in [-0.3, -0.25) is 4.79 Å². The highest BCUT2D eigenvalue weighted by Gasteiger charge is 2.22. The van der Waals surface area contributed by atoms with Crippen molar-refractivity contribution in [2.75, 3.05) is 11.9 Å². The SMILES string of the molecule is CCCc1c(C(=O)Nc2sc(C)cc2C(=O)OCC)sc2ccccc12. The van der Waals surface area contributed by atoms with E-state index in [2.05, 4.69) is 18.3 Å². The van der Waals surface area contributed by atoms with Crippen molar-refractivity contribution < 1.29 is 14.3 Å². The van der Waals surface area contributed by atoms with Crippen molar-refractivity contribution in [3.63, 3.8) is 0 Å². The van der Waals surface area contributed by atoms with E-state index >= 15 is 0 Å². The lowest BCUT2D eigenvalue weighted by Crippen LogP contribution is -2.14. The van der Waals surface area contributed by atoms with Crippen LogP contribution in [0.3, 0.4) is 0 Å². The molecule has 0 bridgehead atoms. The molecule has 0 aliphatic carbocycles. The monoisotopic (exact) mass is 387 g/mol. The molecule has 0 fully saturated rings. The van der Waals surface area contributed by atoms with E-state index in [4.69, 9.17) is 4.74 Å². The molecule has 1 aromatic carbocycles. The molecule has 2 aromatic heterocycles. The molecule has 26 heavy (non-hydrogen) atoms. The normalized spacial score (nSPS) is 10.9. The Hall–Kier alpha value is -2.18. The second kappa shape index (κ2) is 8.01. The summed E-state index contributed by atoms with van der Waals surface area (Å²) in [5.74, 6) is -0.570. The number of rotatable bonds is 6. The van der Waals surface area contributed by atoms with Gasteiger partial charge in [0.05, 0.1) is 17.0 Å². The van der Waals surface area contributed by atoms with Crippen LogP contribution >= 0.6 is 22.7 Å². The molecule has 3 aromatic rings. The fourth-order valence-electron chi connectivity index (χ4n) is 2.91. The second-order valence-electron chi connectivity index (χ2n) is 5.93. The first kappa shape index (κ1) is 18.6. The summed E-state index contributed by atoms with van der Waals surface area (Å²) in [4.78, 5) is 26.8. The van der Waals surface area contributed by atoms with E-state index < -0.39 is 5.97 Å². The summed E-state index contributed by atoms with van der Waals surface area (Å²) in [5, 5.41) is 4.62. The van der Waals surface area contributed by atoms with Gasteiger partial charge in [-0.2, -0.15) is 0 Å². The first-order valence-corrected chi connectivity index (χ1v) is 10.3. The lowest BCUT2D eigenvalue weighted by molar-refractivity contribution is 0.0528. The van der Waals surface area contributed by atoms with Crippen LogP contribution in [0, 0.1) is 6.92 Å².